The van der Waals surface area contributed by atoms with E-state index in [4.69, 9.17) is 5.73 Å². The molecule has 1 aromatic rings. The monoisotopic (exact) mass is 229 g/mol. The van der Waals surface area contributed by atoms with Gasteiger partial charge in [-0.2, -0.15) is 13.2 Å². The highest BCUT2D eigenvalue weighted by Gasteiger charge is 2.30. The average molecular weight is 229 g/mol. The maximum atomic E-state index is 12.3. The Bertz CT molecular complexity index is 352. The molecule has 1 fully saturated rings. The first-order valence-corrected chi connectivity index (χ1v) is 5.39. The van der Waals surface area contributed by atoms with Gasteiger partial charge in [0.2, 0.25) is 0 Å². The Hall–Kier alpha value is -1.03. The Morgan fingerprint density at radius 2 is 1.75 bits per heavy atom. The van der Waals surface area contributed by atoms with E-state index in [-0.39, 0.29) is 6.04 Å². The molecule has 2 N–H and O–H groups in total. The minimum atomic E-state index is -4.26. The Kier molecular flexibility index (Phi) is 2.93. The molecule has 0 bridgehead atoms. The van der Waals surface area contributed by atoms with Gasteiger partial charge in [-0.1, -0.05) is 25.0 Å². The zero-order chi connectivity index (χ0) is 11.8. The van der Waals surface area contributed by atoms with E-state index >= 15 is 0 Å². The number of alkyl halides is 3. The number of halogens is 3. The summed E-state index contributed by atoms with van der Waals surface area (Å²) in [6, 6.07) is 5.03. The molecule has 0 heterocycles. The predicted octanol–water partition coefficient (Wildman–Crippen LogP) is 3.51. The highest BCUT2D eigenvalue weighted by molar-refractivity contribution is 5.26. The Morgan fingerprint density at radius 1 is 1.19 bits per heavy atom. The molecule has 0 aromatic heterocycles. The van der Waals surface area contributed by atoms with Crippen molar-refractivity contribution in [3.8, 4) is 0 Å². The van der Waals surface area contributed by atoms with Crippen LogP contribution >= 0.6 is 0 Å². The van der Waals surface area contributed by atoms with Crippen LogP contribution in [-0.2, 0) is 6.18 Å². The summed E-state index contributed by atoms with van der Waals surface area (Å²) in [4.78, 5) is 0. The molecule has 16 heavy (non-hydrogen) atoms. The average Bonchev–Trinajstić information content (AvgIpc) is 3.00. The first-order chi connectivity index (χ1) is 7.47. The SMILES string of the molecule is N[C@H](CC1CC1)c1ccc(C(F)(F)F)cc1. The molecule has 88 valence electrons. The maximum Gasteiger partial charge on any atom is 0.416 e. The summed E-state index contributed by atoms with van der Waals surface area (Å²) in [6.07, 6.45) is -0.979. The first-order valence-electron chi connectivity index (χ1n) is 5.39. The van der Waals surface area contributed by atoms with E-state index in [2.05, 4.69) is 0 Å². The van der Waals surface area contributed by atoms with Gasteiger partial charge in [-0.05, 0) is 30.0 Å². The van der Waals surface area contributed by atoms with Crippen molar-refractivity contribution in [3.63, 3.8) is 0 Å². The van der Waals surface area contributed by atoms with Crippen LogP contribution in [0.4, 0.5) is 13.2 Å². The minimum absolute atomic E-state index is 0.130. The lowest BCUT2D eigenvalue weighted by molar-refractivity contribution is -0.137. The van der Waals surface area contributed by atoms with Gasteiger partial charge in [-0.3, -0.25) is 0 Å². The second-order valence-electron chi connectivity index (χ2n) is 4.41. The predicted molar refractivity (Wildman–Crippen MR) is 55.7 cm³/mol. The topological polar surface area (TPSA) is 26.0 Å². The Morgan fingerprint density at radius 3 is 2.19 bits per heavy atom. The van der Waals surface area contributed by atoms with E-state index in [0.717, 1.165) is 24.1 Å². The van der Waals surface area contributed by atoms with E-state index in [1.165, 1.54) is 25.0 Å². The molecular weight excluding hydrogens is 215 g/mol. The third kappa shape index (κ3) is 2.76. The van der Waals surface area contributed by atoms with Crippen LogP contribution in [0.15, 0.2) is 24.3 Å². The van der Waals surface area contributed by atoms with Crippen molar-refractivity contribution >= 4 is 0 Å². The summed E-state index contributed by atoms with van der Waals surface area (Å²) in [7, 11) is 0. The van der Waals surface area contributed by atoms with Crippen LogP contribution in [0.5, 0.6) is 0 Å². The smallest absolute Gasteiger partial charge is 0.324 e. The number of nitrogens with two attached hydrogens (primary N) is 1. The summed E-state index contributed by atoms with van der Waals surface area (Å²) in [6.45, 7) is 0. The van der Waals surface area contributed by atoms with Crippen LogP contribution in [0.1, 0.15) is 36.4 Å². The summed E-state index contributed by atoms with van der Waals surface area (Å²) in [5.41, 5.74) is 6.09. The van der Waals surface area contributed by atoms with Crippen molar-refractivity contribution in [1.29, 1.82) is 0 Å². The van der Waals surface area contributed by atoms with E-state index in [9.17, 15) is 13.2 Å². The molecule has 1 aliphatic carbocycles. The summed E-state index contributed by atoms with van der Waals surface area (Å²) in [5.74, 6) is 0.678. The molecular formula is C12H14F3N. The zero-order valence-corrected chi connectivity index (χ0v) is 8.80. The fourth-order valence-corrected chi connectivity index (χ4v) is 1.77. The second kappa shape index (κ2) is 4.09. The molecule has 1 nitrogen and oxygen atoms in total. The summed E-state index contributed by atoms with van der Waals surface area (Å²) < 4.78 is 36.9. The lowest BCUT2D eigenvalue weighted by Crippen LogP contribution is -2.12. The van der Waals surface area contributed by atoms with Crippen molar-refractivity contribution in [2.75, 3.05) is 0 Å². The van der Waals surface area contributed by atoms with Gasteiger partial charge in [0.15, 0.2) is 0 Å². The van der Waals surface area contributed by atoms with E-state index < -0.39 is 11.7 Å². The van der Waals surface area contributed by atoms with E-state index in [1.54, 1.807) is 0 Å². The van der Waals surface area contributed by atoms with Crippen LogP contribution in [-0.4, -0.2) is 0 Å². The fraction of sp³-hybridized carbons (Fsp3) is 0.500. The largest absolute Gasteiger partial charge is 0.416 e. The Labute approximate surface area is 92.5 Å². The van der Waals surface area contributed by atoms with Crippen LogP contribution in [0, 0.1) is 5.92 Å². The highest BCUT2D eigenvalue weighted by atomic mass is 19.4. The quantitative estimate of drug-likeness (QED) is 0.843. The van der Waals surface area contributed by atoms with Gasteiger partial charge in [-0.25, -0.2) is 0 Å². The van der Waals surface area contributed by atoms with Crippen LogP contribution in [0.3, 0.4) is 0 Å². The number of benzene rings is 1. The molecule has 1 aromatic carbocycles. The third-order valence-electron chi connectivity index (χ3n) is 2.95. The molecule has 1 atom stereocenters. The number of rotatable bonds is 3. The van der Waals surface area contributed by atoms with E-state index in [0.29, 0.717) is 5.92 Å². The van der Waals surface area contributed by atoms with Crippen molar-refractivity contribution < 1.29 is 13.2 Å². The summed E-state index contributed by atoms with van der Waals surface area (Å²) >= 11 is 0. The highest BCUT2D eigenvalue weighted by Crippen LogP contribution is 2.37. The van der Waals surface area contributed by atoms with Crippen molar-refractivity contribution in [3.05, 3.63) is 35.4 Å². The van der Waals surface area contributed by atoms with Crippen molar-refractivity contribution in [2.24, 2.45) is 11.7 Å². The number of hydrogen-bond acceptors (Lipinski definition) is 1. The van der Waals surface area contributed by atoms with Gasteiger partial charge in [0.05, 0.1) is 5.56 Å². The van der Waals surface area contributed by atoms with Gasteiger partial charge < -0.3 is 5.73 Å². The maximum absolute atomic E-state index is 12.3. The number of hydrogen-bond donors (Lipinski definition) is 1. The van der Waals surface area contributed by atoms with E-state index in [1.807, 2.05) is 0 Å². The Balaban J connectivity index is 2.05. The van der Waals surface area contributed by atoms with Gasteiger partial charge in [-0.15, -0.1) is 0 Å². The molecule has 0 aliphatic heterocycles. The van der Waals surface area contributed by atoms with Crippen LogP contribution in [0.2, 0.25) is 0 Å². The van der Waals surface area contributed by atoms with Crippen LogP contribution in [0.25, 0.3) is 0 Å². The molecule has 1 aliphatic rings. The molecule has 0 saturated heterocycles. The fourth-order valence-electron chi connectivity index (χ4n) is 1.77. The third-order valence-corrected chi connectivity index (χ3v) is 2.95. The van der Waals surface area contributed by atoms with Crippen molar-refractivity contribution in [1.82, 2.24) is 0 Å². The lowest BCUT2D eigenvalue weighted by Gasteiger charge is -2.13. The van der Waals surface area contributed by atoms with Gasteiger partial charge in [0, 0.05) is 6.04 Å². The minimum Gasteiger partial charge on any atom is -0.324 e. The van der Waals surface area contributed by atoms with Crippen LogP contribution < -0.4 is 5.73 Å². The molecule has 4 heteroatoms. The molecule has 2 rings (SSSR count). The zero-order valence-electron chi connectivity index (χ0n) is 8.80. The van der Waals surface area contributed by atoms with Gasteiger partial charge in [0.1, 0.15) is 0 Å². The molecule has 0 amide bonds. The van der Waals surface area contributed by atoms with Gasteiger partial charge in [0.25, 0.3) is 0 Å². The first kappa shape index (κ1) is 11.5. The second-order valence-corrected chi connectivity index (χ2v) is 4.41. The standard InChI is InChI=1S/C12H14F3N/c13-12(14,15)10-5-3-9(4-6-10)11(16)7-8-1-2-8/h3-6,8,11H,1-2,7,16H2/t11-/m1/s1. The van der Waals surface area contributed by atoms with Crippen molar-refractivity contribution in [2.45, 2.75) is 31.5 Å². The summed E-state index contributed by atoms with van der Waals surface area (Å²) in [5, 5.41) is 0. The normalized spacial score (nSPS) is 18.5. The molecule has 1 saturated carbocycles. The molecule has 0 radical (unpaired) electrons. The molecule has 0 spiro atoms. The molecule has 0 unspecified atom stereocenters. The lowest BCUT2D eigenvalue weighted by atomic mass is 10.0. The van der Waals surface area contributed by atoms with Gasteiger partial charge >= 0.3 is 6.18 Å².